The quantitative estimate of drug-likeness (QED) is 0.397. The van der Waals surface area contributed by atoms with Crippen LogP contribution in [0.1, 0.15) is 5.76 Å². The van der Waals surface area contributed by atoms with E-state index in [9.17, 15) is 4.79 Å². The molecule has 0 radical (unpaired) electrons. The second-order valence-corrected chi connectivity index (χ2v) is 5.64. The highest BCUT2D eigenvalue weighted by Crippen LogP contribution is 2.16. The molecule has 1 heterocycles. The molecule has 0 bridgehead atoms. The molecule has 21 heavy (non-hydrogen) atoms. The Morgan fingerprint density at radius 3 is 2.52 bits per heavy atom. The van der Waals surface area contributed by atoms with Crippen LogP contribution in [0.4, 0.5) is 0 Å². The minimum Gasteiger partial charge on any atom is -0.490 e. The Labute approximate surface area is 139 Å². The first-order valence-electron chi connectivity index (χ1n) is 6.12. The molecule has 2 rings (SSSR count). The Bertz CT molecular complexity index is 617. The number of carbonyl (C=O) groups excluding carboxylic acids is 1. The molecular weight excluding hydrogens is 404 g/mol. The number of hydrogen-bond acceptors (Lipinski definition) is 4. The van der Waals surface area contributed by atoms with Crippen LogP contribution in [0.5, 0.6) is 5.75 Å². The maximum absolute atomic E-state index is 11.5. The third kappa shape index (κ3) is 5.77. The van der Waals surface area contributed by atoms with E-state index in [1.54, 1.807) is 18.2 Å². The van der Waals surface area contributed by atoms with Gasteiger partial charge in [0.1, 0.15) is 24.7 Å². The van der Waals surface area contributed by atoms with Crippen molar-refractivity contribution in [2.75, 3.05) is 13.2 Å². The van der Waals surface area contributed by atoms with Gasteiger partial charge in [-0.05, 0) is 58.4 Å². The van der Waals surface area contributed by atoms with Crippen molar-refractivity contribution < 1.29 is 18.7 Å². The van der Waals surface area contributed by atoms with Crippen LogP contribution in [0.15, 0.2) is 56.0 Å². The van der Waals surface area contributed by atoms with Gasteiger partial charge in [-0.1, -0.05) is 15.9 Å². The first-order chi connectivity index (χ1) is 10.1. The van der Waals surface area contributed by atoms with E-state index in [0.29, 0.717) is 17.0 Å². The number of halogens is 2. The van der Waals surface area contributed by atoms with Crippen molar-refractivity contribution in [1.29, 1.82) is 0 Å². The smallest absolute Gasteiger partial charge is 0.331 e. The van der Waals surface area contributed by atoms with Crippen molar-refractivity contribution in [3.63, 3.8) is 0 Å². The Balaban J connectivity index is 1.67. The molecule has 0 amide bonds. The number of ether oxygens (including phenoxy) is 2. The average molecular weight is 416 g/mol. The standard InChI is InChI=1S/C15H12Br2O4/c16-11-1-3-12(4-2-11)19-9-10-20-15(18)8-6-13-5-7-14(17)21-13/h1-8H,9-10H2. The molecule has 0 saturated carbocycles. The lowest BCUT2D eigenvalue weighted by Crippen LogP contribution is -2.10. The minimum atomic E-state index is -0.443. The van der Waals surface area contributed by atoms with Gasteiger partial charge in [-0.2, -0.15) is 0 Å². The van der Waals surface area contributed by atoms with Crippen molar-refractivity contribution in [3.05, 3.63) is 57.4 Å². The summed E-state index contributed by atoms with van der Waals surface area (Å²) in [7, 11) is 0. The van der Waals surface area contributed by atoms with Crippen LogP contribution in [0.3, 0.4) is 0 Å². The minimum absolute atomic E-state index is 0.182. The van der Waals surface area contributed by atoms with Crippen LogP contribution in [-0.2, 0) is 9.53 Å². The van der Waals surface area contributed by atoms with E-state index >= 15 is 0 Å². The van der Waals surface area contributed by atoms with E-state index in [4.69, 9.17) is 13.9 Å². The molecule has 0 saturated heterocycles. The lowest BCUT2D eigenvalue weighted by molar-refractivity contribution is -0.138. The molecule has 0 aliphatic rings. The SMILES string of the molecule is O=C(C=Cc1ccc(Br)o1)OCCOc1ccc(Br)cc1. The summed E-state index contributed by atoms with van der Waals surface area (Å²) >= 11 is 6.52. The number of esters is 1. The van der Waals surface area contributed by atoms with Crippen LogP contribution < -0.4 is 4.74 Å². The Kier molecular flexibility index (Phi) is 6.07. The van der Waals surface area contributed by atoms with Gasteiger partial charge in [0.2, 0.25) is 0 Å². The topological polar surface area (TPSA) is 48.7 Å². The van der Waals surface area contributed by atoms with Crippen molar-refractivity contribution >= 4 is 43.9 Å². The number of furan rings is 1. The predicted octanol–water partition coefficient (Wildman–Crippen LogP) is 4.44. The van der Waals surface area contributed by atoms with Crippen LogP contribution >= 0.6 is 31.9 Å². The fourth-order valence-electron chi connectivity index (χ4n) is 1.45. The number of rotatable bonds is 6. The fraction of sp³-hybridized carbons (Fsp3) is 0.133. The Morgan fingerprint density at radius 1 is 1.10 bits per heavy atom. The normalized spacial score (nSPS) is 10.8. The van der Waals surface area contributed by atoms with Crippen LogP contribution in [0.25, 0.3) is 6.08 Å². The van der Waals surface area contributed by atoms with Crippen molar-refractivity contribution in [1.82, 2.24) is 0 Å². The number of benzene rings is 1. The molecule has 0 aliphatic heterocycles. The van der Waals surface area contributed by atoms with E-state index in [0.717, 1.165) is 10.2 Å². The second-order valence-electron chi connectivity index (χ2n) is 3.95. The molecule has 6 heteroatoms. The molecule has 1 aromatic carbocycles. The summed E-state index contributed by atoms with van der Waals surface area (Å²) in [5, 5.41) is 0. The molecule has 1 aromatic heterocycles. The summed E-state index contributed by atoms with van der Waals surface area (Å²) in [6, 6.07) is 10.9. The lowest BCUT2D eigenvalue weighted by atomic mass is 10.3. The summed E-state index contributed by atoms with van der Waals surface area (Å²) in [6.45, 7) is 0.481. The van der Waals surface area contributed by atoms with Crippen LogP contribution in [0, 0.1) is 0 Å². The van der Waals surface area contributed by atoms with Gasteiger partial charge < -0.3 is 13.9 Å². The molecule has 0 unspecified atom stereocenters. The molecule has 0 fully saturated rings. The molecule has 110 valence electrons. The summed E-state index contributed by atoms with van der Waals surface area (Å²) in [6.07, 6.45) is 2.85. The van der Waals surface area contributed by atoms with E-state index in [2.05, 4.69) is 31.9 Å². The van der Waals surface area contributed by atoms with Crippen LogP contribution in [0.2, 0.25) is 0 Å². The highest BCUT2D eigenvalue weighted by molar-refractivity contribution is 9.10. The highest BCUT2D eigenvalue weighted by Gasteiger charge is 2.00. The van der Waals surface area contributed by atoms with E-state index in [1.165, 1.54) is 6.08 Å². The van der Waals surface area contributed by atoms with Crippen molar-refractivity contribution in [3.8, 4) is 5.75 Å². The van der Waals surface area contributed by atoms with Gasteiger partial charge in [0.05, 0.1) is 0 Å². The van der Waals surface area contributed by atoms with Gasteiger partial charge in [-0.25, -0.2) is 4.79 Å². The largest absolute Gasteiger partial charge is 0.490 e. The summed E-state index contributed by atoms with van der Waals surface area (Å²) < 4.78 is 17.2. The number of carbonyl (C=O) groups is 1. The van der Waals surface area contributed by atoms with Crippen molar-refractivity contribution in [2.24, 2.45) is 0 Å². The third-order valence-electron chi connectivity index (χ3n) is 2.39. The van der Waals surface area contributed by atoms with Crippen molar-refractivity contribution in [2.45, 2.75) is 0 Å². The zero-order valence-corrected chi connectivity index (χ0v) is 14.1. The van der Waals surface area contributed by atoms with Gasteiger partial charge in [-0.15, -0.1) is 0 Å². The molecule has 4 nitrogen and oxygen atoms in total. The first kappa shape index (κ1) is 15.9. The molecule has 0 spiro atoms. The van der Waals surface area contributed by atoms with Gasteiger partial charge in [0, 0.05) is 10.5 Å². The fourth-order valence-corrected chi connectivity index (χ4v) is 2.03. The molecular formula is C15H12Br2O4. The average Bonchev–Trinajstić information content (AvgIpc) is 2.89. The Morgan fingerprint density at radius 2 is 1.86 bits per heavy atom. The summed E-state index contributed by atoms with van der Waals surface area (Å²) in [5.41, 5.74) is 0. The first-order valence-corrected chi connectivity index (χ1v) is 7.70. The maximum Gasteiger partial charge on any atom is 0.331 e. The molecule has 0 atom stereocenters. The van der Waals surface area contributed by atoms with E-state index < -0.39 is 5.97 Å². The predicted molar refractivity (Wildman–Crippen MR) is 86.0 cm³/mol. The lowest BCUT2D eigenvalue weighted by Gasteiger charge is -2.06. The second kappa shape index (κ2) is 8.05. The van der Waals surface area contributed by atoms with Gasteiger partial charge in [0.25, 0.3) is 0 Å². The molecule has 0 N–H and O–H groups in total. The van der Waals surface area contributed by atoms with E-state index in [1.807, 2.05) is 24.3 Å². The van der Waals surface area contributed by atoms with Crippen LogP contribution in [-0.4, -0.2) is 19.2 Å². The maximum atomic E-state index is 11.5. The van der Waals surface area contributed by atoms with E-state index in [-0.39, 0.29) is 6.61 Å². The molecule has 2 aromatic rings. The highest BCUT2D eigenvalue weighted by atomic mass is 79.9. The third-order valence-corrected chi connectivity index (χ3v) is 3.34. The summed E-state index contributed by atoms with van der Waals surface area (Å²) in [4.78, 5) is 11.5. The Hall–Kier alpha value is -1.53. The number of hydrogen-bond donors (Lipinski definition) is 0. The zero-order chi connectivity index (χ0) is 15.1. The van der Waals surface area contributed by atoms with Gasteiger partial charge in [0.15, 0.2) is 4.67 Å². The summed E-state index contributed by atoms with van der Waals surface area (Å²) in [5.74, 6) is 0.858. The molecule has 0 aliphatic carbocycles. The van der Waals surface area contributed by atoms with Gasteiger partial charge in [-0.3, -0.25) is 0 Å². The zero-order valence-electron chi connectivity index (χ0n) is 10.9. The monoisotopic (exact) mass is 414 g/mol. The van der Waals surface area contributed by atoms with Gasteiger partial charge >= 0.3 is 5.97 Å².